The zero-order valence-corrected chi connectivity index (χ0v) is 20.0. The summed E-state index contributed by atoms with van der Waals surface area (Å²) in [6.45, 7) is 4.33. The van der Waals surface area contributed by atoms with Crippen LogP contribution in [0.3, 0.4) is 0 Å². The van der Waals surface area contributed by atoms with Gasteiger partial charge in [0.15, 0.2) is 5.02 Å². The fourth-order valence-electron chi connectivity index (χ4n) is 4.17. The number of rotatable bonds is 4. The van der Waals surface area contributed by atoms with E-state index in [-0.39, 0.29) is 29.0 Å². The minimum atomic E-state index is -0.482. The lowest BCUT2D eigenvalue weighted by Gasteiger charge is -2.17. The van der Waals surface area contributed by atoms with Crippen molar-refractivity contribution in [3.8, 4) is 17.6 Å². The average molecular weight is 551 g/mol. The van der Waals surface area contributed by atoms with Crippen LogP contribution in [0.2, 0.25) is 5.02 Å². The standard InChI is InChI=1S/C22H24ClN6O.HI/c23-19-20(28-13-5-17(6-14-28)26-9-1-2-10-26)24-22(25-21(19)30)29-15-7-18(8-16-29)27-11-3-4-12-27;/h5-8,13-16H,1-4,9-12H2;1H/q+1;/p-1. The van der Waals surface area contributed by atoms with Gasteiger partial charge in [0.1, 0.15) is 5.88 Å². The van der Waals surface area contributed by atoms with Crippen LogP contribution in [-0.2, 0) is 0 Å². The largest absolute Gasteiger partial charge is 1.00 e. The number of nitrogens with zero attached hydrogens (tertiary/aromatic N) is 6. The molecule has 0 unspecified atom stereocenters. The van der Waals surface area contributed by atoms with Gasteiger partial charge in [-0.1, -0.05) is 16.6 Å². The van der Waals surface area contributed by atoms with Crippen molar-refractivity contribution in [2.24, 2.45) is 0 Å². The summed E-state index contributed by atoms with van der Waals surface area (Å²) in [5, 5.41) is 12.5. The Morgan fingerprint density at radius 3 is 1.68 bits per heavy atom. The quantitative estimate of drug-likeness (QED) is 0.307. The molecule has 0 amide bonds. The topological polar surface area (TPSA) is 63.1 Å². The lowest BCUT2D eigenvalue weighted by atomic mass is 10.3. The Labute approximate surface area is 204 Å². The summed E-state index contributed by atoms with van der Waals surface area (Å²) in [7, 11) is 0. The second-order valence-corrected chi connectivity index (χ2v) is 8.16. The molecule has 2 fully saturated rings. The molecule has 0 spiro atoms. The van der Waals surface area contributed by atoms with E-state index < -0.39 is 5.88 Å². The smallest absolute Gasteiger partial charge is 0.476 e. The summed E-state index contributed by atoms with van der Waals surface area (Å²) in [6, 6.07) is 8.13. The number of pyridine rings is 2. The summed E-state index contributed by atoms with van der Waals surface area (Å²) in [5.74, 6) is 0.211. The van der Waals surface area contributed by atoms with Crippen molar-refractivity contribution >= 4 is 23.0 Å². The van der Waals surface area contributed by atoms with Crippen molar-refractivity contribution in [1.29, 1.82) is 0 Å². The highest BCUT2D eigenvalue weighted by atomic mass is 127. The lowest BCUT2D eigenvalue weighted by Crippen LogP contribution is -3.00. The van der Waals surface area contributed by atoms with E-state index in [1.807, 2.05) is 49.1 Å². The zero-order valence-electron chi connectivity index (χ0n) is 17.1. The van der Waals surface area contributed by atoms with Crippen molar-refractivity contribution in [2.75, 3.05) is 36.0 Å². The monoisotopic (exact) mass is 550 g/mol. The van der Waals surface area contributed by atoms with Crippen LogP contribution in [0.15, 0.2) is 49.1 Å². The first-order chi connectivity index (χ1) is 14.7. The van der Waals surface area contributed by atoms with Crippen molar-refractivity contribution < 1.29 is 38.2 Å². The van der Waals surface area contributed by atoms with Gasteiger partial charge in [0.05, 0.1) is 24.8 Å². The molecular weight excluding hydrogens is 527 g/mol. The average Bonchev–Trinajstić information content (AvgIpc) is 3.50. The van der Waals surface area contributed by atoms with Crippen molar-refractivity contribution in [1.82, 2.24) is 9.97 Å². The molecule has 2 aliphatic heterocycles. The molecule has 9 heteroatoms. The van der Waals surface area contributed by atoms with Crippen LogP contribution < -0.4 is 48.0 Å². The molecule has 2 aliphatic rings. The van der Waals surface area contributed by atoms with Gasteiger partial charge in [-0.05, 0) is 37.8 Å². The highest BCUT2D eigenvalue weighted by molar-refractivity contribution is 6.33. The van der Waals surface area contributed by atoms with Crippen LogP contribution in [0.25, 0.3) is 11.8 Å². The SMILES string of the molecule is [I-].[O-]c1nc(-[n+]2ccc(N3CCCC3)cc2)nc(-[n+]2ccc(N3CCCC3)cc2)c1Cl. The van der Waals surface area contributed by atoms with Gasteiger partial charge >= 0.3 is 11.8 Å². The van der Waals surface area contributed by atoms with E-state index in [2.05, 4.69) is 19.8 Å². The van der Waals surface area contributed by atoms with Gasteiger partial charge in [-0.2, -0.15) is 4.57 Å². The molecular formula is C22H24ClIN6O. The maximum Gasteiger partial charge on any atom is 0.476 e. The van der Waals surface area contributed by atoms with E-state index in [0.717, 1.165) is 26.2 Å². The molecule has 0 atom stereocenters. The highest BCUT2D eigenvalue weighted by Crippen LogP contribution is 2.23. The second-order valence-electron chi connectivity index (χ2n) is 7.78. The molecule has 0 saturated carbocycles. The predicted octanol–water partition coefficient (Wildman–Crippen LogP) is -1.04. The van der Waals surface area contributed by atoms with Crippen LogP contribution in [0.4, 0.5) is 11.4 Å². The van der Waals surface area contributed by atoms with Crippen LogP contribution in [-0.4, -0.2) is 36.1 Å². The molecule has 0 aromatic carbocycles. The van der Waals surface area contributed by atoms with E-state index >= 15 is 0 Å². The van der Waals surface area contributed by atoms with E-state index in [1.165, 1.54) is 37.1 Å². The van der Waals surface area contributed by atoms with E-state index in [0.29, 0.717) is 11.8 Å². The highest BCUT2D eigenvalue weighted by Gasteiger charge is 2.24. The first kappa shape index (κ1) is 22.0. The molecule has 0 radical (unpaired) electrons. The lowest BCUT2D eigenvalue weighted by molar-refractivity contribution is -0.614. The van der Waals surface area contributed by atoms with Crippen molar-refractivity contribution in [3.63, 3.8) is 0 Å². The Hall–Kier alpha value is -2.20. The fraction of sp³-hybridized carbons (Fsp3) is 0.364. The molecule has 0 bridgehead atoms. The van der Waals surface area contributed by atoms with Gasteiger partial charge in [-0.25, -0.2) is 4.57 Å². The molecule has 162 valence electrons. The minimum absolute atomic E-state index is 0. The third kappa shape index (κ3) is 4.55. The molecule has 5 heterocycles. The Morgan fingerprint density at radius 1 is 0.742 bits per heavy atom. The number of hydrogen-bond acceptors (Lipinski definition) is 5. The van der Waals surface area contributed by atoms with Crippen LogP contribution in [0.1, 0.15) is 25.7 Å². The van der Waals surface area contributed by atoms with Crippen molar-refractivity contribution in [3.05, 3.63) is 54.1 Å². The van der Waals surface area contributed by atoms with E-state index in [1.54, 1.807) is 9.13 Å². The molecule has 3 aromatic heterocycles. The van der Waals surface area contributed by atoms with Crippen LogP contribution >= 0.6 is 11.6 Å². The maximum absolute atomic E-state index is 12.4. The number of aromatic nitrogens is 4. The molecule has 3 aromatic rings. The summed E-state index contributed by atoms with van der Waals surface area (Å²) in [5.41, 5.74) is 2.34. The number of halogens is 2. The van der Waals surface area contributed by atoms with Gasteiger partial charge in [0.2, 0.25) is 0 Å². The normalized spacial score (nSPS) is 15.9. The summed E-state index contributed by atoms with van der Waals surface area (Å²) >= 11 is 6.28. The molecule has 31 heavy (non-hydrogen) atoms. The molecule has 7 nitrogen and oxygen atoms in total. The van der Waals surface area contributed by atoms with Gasteiger partial charge in [0, 0.05) is 54.7 Å². The Kier molecular flexibility index (Phi) is 6.76. The van der Waals surface area contributed by atoms with Gasteiger partial charge < -0.3 is 38.9 Å². The Balaban J connectivity index is 0.00000231. The molecule has 0 N–H and O–H groups in total. The maximum atomic E-state index is 12.4. The number of hydrogen-bond donors (Lipinski definition) is 0. The van der Waals surface area contributed by atoms with E-state index in [9.17, 15) is 5.11 Å². The predicted molar refractivity (Wildman–Crippen MR) is 112 cm³/mol. The minimum Gasteiger partial charge on any atom is -1.00 e. The van der Waals surface area contributed by atoms with Gasteiger partial charge in [0.25, 0.3) is 0 Å². The van der Waals surface area contributed by atoms with Gasteiger partial charge in [-0.15, -0.1) is 0 Å². The molecule has 0 aliphatic carbocycles. The Bertz CT molecular complexity index is 1040. The first-order valence-corrected chi connectivity index (χ1v) is 10.8. The molecule has 5 rings (SSSR count). The first-order valence-electron chi connectivity index (χ1n) is 10.5. The molecule has 2 saturated heterocycles. The second kappa shape index (κ2) is 9.52. The third-order valence-electron chi connectivity index (χ3n) is 5.83. The summed E-state index contributed by atoms with van der Waals surface area (Å²) < 4.78 is 3.52. The Morgan fingerprint density at radius 2 is 1.19 bits per heavy atom. The summed E-state index contributed by atoms with van der Waals surface area (Å²) in [6.07, 6.45) is 12.5. The summed E-state index contributed by atoms with van der Waals surface area (Å²) in [4.78, 5) is 13.4. The van der Waals surface area contributed by atoms with Gasteiger partial charge in [-0.3, -0.25) is 0 Å². The van der Waals surface area contributed by atoms with Crippen molar-refractivity contribution in [2.45, 2.75) is 25.7 Å². The number of anilines is 2. The van der Waals surface area contributed by atoms with E-state index in [4.69, 9.17) is 11.6 Å². The third-order valence-corrected chi connectivity index (χ3v) is 6.16. The fourth-order valence-corrected chi connectivity index (χ4v) is 4.36. The van der Waals surface area contributed by atoms with Crippen LogP contribution in [0.5, 0.6) is 5.88 Å². The van der Waals surface area contributed by atoms with Crippen LogP contribution in [0, 0.1) is 0 Å². The zero-order chi connectivity index (χ0) is 20.5.